The highest BCUT2D eigenvalue weighted by molar-refractivity contribution is 5.93. The first-order valence-electron chi connectivity index (χ1n) is 15.5. The maximum Gasteiger partial charge on any atom is 0.266 e. The Balaban J connectivity index is 1.13. The summed E-state index contributed by atoms with van der Waals surface area (Å²) in [4.78, 5) is 41.0. The molecule has 1 fully saturated rings. The molecule has 0 aliphatic carbocycles. The zero-order valence-corrected chi connectivity index (χ0v) is 26.3. The molecule has 49 heavy (non-hydrogen) atoms. The summed E-state index contributed by atoms with van der Waals surface area (Å²) in [5.41, 5.74) is 8.29. The number of hydrogen-bond acceptors (Lipinski definition) is 10. The summed E-state index contributed by atoms with van der Waals surface area (Å²) in [6, 6.07) is 14.9. The molecule has 6 rings (SSSR count). The molecular weight excluding hydrogens is 634 g/mol. The van der Waals surface area contributed by atoms with Gasteiger partial charge in [-0.15, -0.1) is 0 Å². The first kappa shape index (κ1) is 33.0. The molecule has 0 saturated carbocycles. The Morgan fingerprint density at radius 2 is 1.86 bits per heavy atom. The van der Waals surface area contributed by atoms with Gasteiger partial charge in [0.05, 0.1) is 32.6 Å². The molecular formula is C35H32F2N8O4. The molecule has 3 aromatic carbocycles. The predicted octanol–water partition coefficient (Wildman–Crippen LogP) is 3.21. The molecule has 1 saturated heterocycles. The predicted molar refractivity (Wildman–Crippen MR) is 180 cm³/mol. The highest BCUT2D eigenvalue weighted by Gasteiger charge is 2.14. The average Bonchev–Trinajstić information content (AvgIpc) is 3.12. The fourth-order valence-electron chi connectivity index (χ4n) is 5.15. The minimum Gasteiger partial charge on any atom is -0.490 e. The Morgan fingerprint density at radius 1 is 1.04 bits per heavy atom. The number of carbonyl (C=O) groups excluding carboxylic acids is 1. The number of nitrogens with zero attached hydrogens (tertiary/aromatic N) is 5. The van der Waals surface area contributed by atoms with E-state index in [2.05, 4.69) is 42.3 Å². The smallest absolute Gasteiger partial charge is 0.266 e. The summed E-state index contributed by atoms with van der Waals surface area (Å²) in [5.74, 6) is 4.02. The first-order chi connectivity index (χ1) is 23.9. The maximum atomic E-state index is 13.6. The van der Waals surface area contributed by atoms with Crippen LogP contribution in [0.3, 0.4) is 0 Å². The third-order valence-corrected chi connectivity index (χ3v) is 7.58. The van der Waals surface area contributed by atoms with Gasteiger partial charge in [-0.05, 0) is 54.1 Å². The van der Waals surface area contributed by atoms with Crippen LogP contribution < -0.4 is 31.6 Å². The second-order valence-corrected chi connectivity index (χ2v) is 11.0. The summed E-state index contributed by atoms with van der Waals surface area (Å²) in [6.45, 7) is 3.53. The number of nitrogens with two attached hydrogens (primary N) is 1. The molecule has 4 N–H and O–H groups in total. The number of amides is 1. The first-order valence-corrected chi connectivity index (χ1v) is 15.5. The molecule has 0 spiro atoms. The van der Waals surface area contributed by atoms with Gasteiger partial charge in [0, 0.05) is 54.4 Å². The van der Waals surface area contributed by atoms with Crippen molar-refractivity contribution in [3.8, 4) is 17.6 Å². The van der Waals surface area contributed by atoms with Gasteiger partial charge in [0.2, 0.25) is 5.95 Å². The minimum atomic E-state index is -1.04. The lowest BCUT2D eigenvalue weighted by atomic mass is 10.1. The van der Waals surface area contributed by atoms with Crippen LogP contribution in [0.15, 0.2) is 78.1 Å². The molecule has 250 valence electrons. The van der Waals surface area contributed by atoms with E-state index >= 15 is 0 Å². The molecule has 1 aliphatic rings. The highest BCUT2D eigenvalue weighted by Crippen LogP contribution is 2.28. The van der Waals surface area contributed by atoms with Gasteiger partial charge < -0.3 is 30.7 Å². The number of hydrogen-bond donors (Lipinski definition) is 3. The summed E-state index contributed by atoms with van der Waals surface area (Å²) < 4.78 is 39.4. The molecule has 12 nitrogen and oxygen atoms in total. The SMILES string of the molecule is NCCOc1cc(C#CCNC(=O)c2cncn(Cc3ccc(F)c(F)c3)c2=O)cc2cnc(Nc3ccc(N4CCOCC4)cc3)nc12. The van der Waals surface area contributed by atoms with Crippen molar-refractivity contribution in [1.29, 1.82) is 0 Å². The summed E-state index contributed by atoms with van der Waals surface area (Å²) >= 11 is 0. The Bertz CT molecular complexity index is 2090. The zero-order chi connectivity index (χ0) is 34.2. The van der Waals surface area contributed by atoms with E-state index in [1.54, 1.807) is 18.3 Å². The van der Waals surface area contributed by atoms with Crippen molar-refractivity contribution < 1.29 is 23.0 Å². The summed E-state index contributed by atoms with van der Waals surface area (Å²) in [6.07, 6.45) is 4.03. The van der Waals surface area contributed by atoms with Crippen molar-refractivity contribution in [2.45, 2.75) is 6.54 Å². The van der Waals surface area contributed by atoms with Crippen LogP contribution in [0.2, 0.25) is 0 Å². The van der Waals surface area contributed by atoms with Crippen molar-refractivity contribution in [3.63, 3.8) is 0 Å². The molecule has 0 unspecified atom stereocenters. The second kappa shape index (κ2) is 15.3. The number of ether oxygens (including phenoxy) is 2. The number of morpholine rings is 1. The number of aromatic nitrogens is 4. The third kappa shape index (κ3) is 8.15. The van der Waals surface area contributed by atoms with E-state index < -0.39 is 23.1 Å². The van der Waals surface area contributed by atoms with E-state index in [9.17, 15) is 18.4 Å². The van der Waals surface area contributed by atoms with Gasteiger partial charge in [0.25, 0.3) is 11.5 Å². The molecule has 14 heteroatoms. The molecule has 1 aliphatic heterocycles. The van der Waals surface area contributed by atoms with Gasteiger partial charge in [-0.1, -0.05) is 17.9 Å². The van der Waals surface area contributed by atoms with Gasteiger partial charge >= 0.3 is 0 Å². The number of nitrogens with one attached hydrogen (secondary N) is 2. The normalized spacial score (nSPS) is 12.7. The van der Waals surface area contributed by atoms with E-state index in [1.807, 2.05) is 24.3 Å². The molecule has 0 atom stereocenters. The third-order valence-electron chi connectivity index (χ3n) is 7.58. The Labute approximate surface area is 279 Å². The average molecular weight is 667 g/mol. The highest BCUT2D eigenvalue weighted by atomic mass is 19.2. The van der Waals surface area contributed by atoms with E-state index in [1.165, 1.54) is 12.4 Å². The standard InChI is InChI=1S/C35H32F2N8O4/c36-29-8-3-24(17-30(29)37)21-45-22-39-20-28(34(45)47)33(46)40-10-1-2-23-16-25-19-41-35(43-32(25)31(18-23)49-13-9-38)42-26-4-6-27(7-5-26)44-11-14-48-15-12-44/h3-8,16-20,22H,9-15,21,38H2,(H,40,46)(H,41,42,43). The van der Waals surface area contributed by atoms with E-state index in [-0.39, 0.29) is 25.3 Å². The van der Waals surface area contributed by atoms with Gasteiger partial charge in [0.15, 0.2) is 11.6 Å². The zero-order valence-electron chi connectivity index (χ0n) is 26.3. The number of benzene rings is 3. The van der Waals surface area contributed by atoms with Crippen LogP contribution in [0.4, 0.5) is 26.1 Å². The topological polar surface area (TPSA) is 150 Å². The molecule has 2 aromatic heterocycles. The van der Waals surface area contributed by atoms with E-state index in [0.717, 1.165) is 47.4 Å². The van der Waals surface area contributed by atoms with Gasteiger partial charge in [-0.2, -0.15) is 0 Å². The van der Waals surface area contributed by atoms with Crippen LogP contribution in [-0.4, -0.2) is 71.4 Å². The molecule has 0 bridgehead atoms. The maximum absolute atomic E-state index is 13.6. The van der Waals surface area contributed by atoms with Crippen LogP contribution in [0.25, 0.3) is 10.9 Å². The largest absolute Gasteiger partial charge is 0.490 e. The monoisotopic (exact) mass is 666 g/mol. The van der Waals surface area contributed by atoms with Crippen LogP contribution in [0.1, 0.15) is 21.5 Å². The van der Waals surface area contributed by atoms with Crippen LogP contribution in [0, 0.1) is 23.5 Å². The molecule has 1 amide bonds. The lowest BCUT2D eigenvalue weighted by molar-refractivity contribution is 0.0956. The van der Waals surface area contributed by atoms with Gasteiger partial charge in [-0.25, -0.2) is 23.7 Å². The van der Waals surface area contributed by atoms with Crippen LogP contribution in [-0.2, 0) is 11.3 Å². The molecule has 5 aromatic rings. The quantitative estimate of drug-likeness (QED) is 0.190. The molecule has 0 radical (unpaired) electrons. The second-order valence-electron chi connectivity index (χ2n) is 11.0. The number of anilines is 3. The van der Waals surface area contributed by atoms with E-state index in [4.69, 9.17) is 15.2 Å². The lowest BCUT2D eigenvalue weighted by Gasteiger charge is -2.28. The van der Waals surface area contributed by atoms with Crippen LogP contribution in [0.5, 0.6) is 5.75 Å². The Kier molecular flexibility index (Phi) is 10.3. The van der Waals surface area contributed by atoms with Gasteiger partial charge in [-0.3, -0.25) is 14.2 Å². The van der Waals surface area contributed by atoms with Crippen LogP contribution >= 0.6 is 0 Å². The Hall–Kier alpha value is -5.91. The van der Waals surface area contributed by atoms with Crippen molar-refractivity contribution in [3.05, 3.63) is 112 Å². The number of rotatable bonds is 10. The minimum absolute atomic E-state index is 0.0724. The summed E-state index contributed by atoms with van der Waals surface area (Å²) in [5, 5.41) is 6.52. The van der Waals surface area contributed by atoms with Crippen molar-refractivity contribution in [2.75, 3.05) is 56.2 Å². The Morgan fingerprint density at radius 3 is 2.63 bits per heavy atom. The summed E-state index contributed by atoms with van der Waals surface area (Å²) in [7, 11) is 0. The fraction of sp³-hybridized carbons (Fsp3) is 0.229. The van der Waals surface area contributed by atoms with Crippen molar-refractivity contribution in [2.24, 2.45) is 5.73 Å². The fourth-order valence-corrected chi connectivity index (χ4v) is 5.15. The van der Waals surface area contributed by atoms with E-state index in [0.29, 0.717) is 53.5 Å². The number of halogens is 2. The van der Waals surface area contributed by atoms with Gasteiger partial charge in [0.1, 0.15) is 23.4 Å². The number of fused-ring (bicyclic) bond motifs is 1. The lowest BCUT2D eigenvalue weighted by Crippen LogP contribution is -2.36. The van der Waals surface area contributed by atoms with Crippen molar-refractivity contribution >= 4 is 34.1 Å². The van der Waals surface area contributed by atoms with Crippen molar-refractivity contribution in [1.82, 2.24) is 24.8 Å². The number of carbonyl (C=O) groups is 1. The molecule has 3 heterocycles.